The van der Waals surface area contributed by atoms with Crippen molar-refractivity contribution in [2.45, 2.75) is 33.2 Å². The lowest BCUT2D eigenvalue weighted by Crippen LogP contribution is -2.29. The molecule has 2 aromatic heterocycles. The molecule has 0 aliphatic rings. The minimum Gasteiger partial charge on any atom is -0.344 e. The molecule has 0 aliphatic carbocycles. The molecule has 0 aromatic carbocycles. The van der Waals surface area contributed by atoms with Gasteiger partial charge in [0.15, 0.2) is 0 Å². The lowest BCUT2D eigenvalue weighted by Gasteiger charge is -2.15. The Bertz CT molecular complexity index is 707. The van der Waals surface area contributed by atoms with Crippen molar-refractivity contribution in [3.05, 3.63) is 63.3 Å². The van der Waals surface area contributed by atoms with Gasteiger partial charge in [-0.15, -0.1) is 0 Å². The number of nitrogens with one attached hydrogen (secondary N) is 2. The van der Waals surface area contributed by atoms with Crippen LogP contribution in [0.1, 0.15) is 47.2 Å². The number of nitrogens with zero attached hydrogens (tertiary/aromatic N) is 1. The minimum atomic E-state index is -0.270. The zero-order valence-electron chi connectivity index (χ0n) is 12.4. The normalized spacial score (nSPS) is 12.0. The number of aromatic amines is 1. The topological polar surface area (TPSA) is 74.8 Å². The number of carbonyl (C=O) groups excluding carboxylic acids is 1. The van der Waals surface area contributed by atoms with E-state index in [2.05, 4.69) is 15.3 Å². The number of hydrogen-bond acceptors (Lipinski definition) is 3. The fourth-order valence-corrected chi connectivity index (χ4v) is 2.22. The summed E-state index contributed by atoms with van der Waals surface area (Å²) >= 11 is 0. The van der Waals surface area contributed by atoms with Crippen molar-refractivity contribution >= 4 is 5.91 Å². The van der Waals surface area contributed by atoms with Crippen molar-refractivity contribution in [3.63, 3.8) is 0 Å². The molecule has 0 aliphatic heterocycles. The molecule has 110 valence electrons. The fourth-order valence-electron chi connectivity index (χ4n) is 2.22. The first-order valence-corrected chi connectivity index (χ1v) is 6.97. The van der Waals surface area contributed by atoms with Gasteiger partial charge >= 0.3 is 0 Å². The maximum Gasteiger partial charge on any atom is 0.252 e. The van der Waals surface area contributed by atoms with Crippen molar-refractivity contribution in [1.29, 1.82) is 0 Å². The van der Waals surface area contributed by atoms with Gasteiger partial charge in [0.25, 0.3) is 5.91 Å². The van der Waals surface area contributed by atoms with Crippen LogP contribution in [0.2, 0.25) is 0 Å². The Hall–Kier alpha value is -2.43. The third-order valence-corrected chi connectivity index (χ3v) is 3.35. The second kappa shape index (κ2) is 6.35. The summed E-state index contributed by atoms with van der Waals surface area (Å²) in [6.07, 6.45) is 2.37. The third kappa shape index (κ3) is 3.56. The lowest BCUT2D eigenvalue weighted by atomic mass is 10.1. The van der Waals surface area contributed by atoms with Crippen LogP contribution in [0.3, 0.4) is 0 Å². The van der Waals surface area contributed by atoms with E-state index < -0.39 is 0 Å². The van der Waals surface area contributed by atoms with Crippen LogP contribution in [0.25, 0.3) is 0 Å². The average Bonchev–Trinajstić information content (AvgIpc) is 2.46. The molecule has 0 saturated heterocycles. The number of aryl methyl sites for hydroxylation is 2. The highest BCUT2D eigenvalue weighted by Gasteiger charge is 2.15. The molecule has 0 fully saturated rings. The van der Waals surface area contributed by atoms with E-state index in [1.165, 1.54) is 6.07 Å². The van der Waals surface area contributed by atoms with Crippen molar-refractivity contribution in [3.8, 4) is 0 Å². The van der Waals surface area contributed by atoms with Gasteiger partial charge in [-0.2, -0.15) is 0 Å². The van der Waals surface area contributed by atoms with E-state index >= 15 is 0 Å². The van der Waals surface area contributed by atoms with Gasteiger partial charge in [-0.3, -0.25) is 14.6 Å². The summed E-state index contributed by atoms with van der Waals surface area (Å²) in [5.74, 6) is -0.270. The highest BCUT2D eigenvalue weighted by molar-refractivity contribution is 5.94. The van der Waals surface area contributed by atoms with Crippen LogP contribution in [-0.4, -0.2) is 15.9 Å². The number of H-pyrrole nitrogens is 1. The van der Waals surface area contributed by atoms with Gasteiger partial charge in [0.05, 0.1) is 11.7 Å². The molecule has 1 amide bonds. The zero-order chi connectivity index (χ0) is 15.4. The summed E-state index contributed by atoms with van der Waals surface area (Å²) in [5, 5.41) is 2.88. The fraction of sp³-hybridized carbons (Fsp3) is 0.312. The summed E-state index contributed by atoms with van der Waals surface area (Å²) in [4.78, 5) is 30.8. The maximum absolute atomic E-state index is 12.3. The van der Waals surface area contributed by atoms with Crippen molar-refractivity contribution < 1.29 is 4.79 Å². The molecule has 2 rings (SSSR count). The monoisotopic (exact) mass is 285 g/mol. The van der Waals surface area contributed by atoms with Crippen LogP contribution in [0.4, 0.5) is 0 Å². The van der Waals surface area contributed by atoms with E-state index in [4.69, 9.17) is 0 Å². The van der Waals surface area contributed by atoms with Crippen LogP contribution in [-0.2, 0) is 6.42 Å². The van der Waals surface area contributed by atoms with Crippen LogP contribution in [0.5, 0.6) is 0 Å². The Morgan fingerprint density at radius 2 is 2.19 bits per heavy atom. The van der Waals surface area contributed by atoms with Gasteiger partial charge in [-0.25, -0.2) is 0 Å². The van der Waals surface area contributed by atoms with Crippen LogP contribution in [0.15, 0.2) is 35.3 Å². The molecule has 0 saturated carbocycles. The largest absolute Gasteiger partial charge is 0.344 e. The van der Waals surface area contributed by atoms with Gasteiger partial charge in [-0.05, 0) is 38.0 Å². The summed E-state index contributed by atoms with van der Waals surface area (Å²) in [5.41, 5.74) is 2.70. The molecule has 21 heavy (non-hydrogen) atoms. The minimum absolute atomic E-state index is 0.219. The maximum atomic E-state index is 12.3. The van der Waals surface area contributed by atoms with E-state index in [0.717, 1.165) is 17.0 Å². The number of hydrogen-bond donors (Lipinski definition) is 2. The highest BCUT2D eigenvalue weighted by atomic mass is 16.2. The highest BCUT2D eigenvalue weighted by Crippen LogP contribution is 2.14. The Balaban J connectivity index is 2.20. The molecular weight excluding hydrogens is 266 g/mol. The molecule has 5 nitrogen and oxygen atoms in total. The molecule has 2 aromatic rings. The second-order valence-electron chi connectivity index (χ2n) is 5.01. The smallest absolute Gasteiger partial charge is 0.252 e. The third-order valence-electron chi connectivity index (χ3n) is 3.35. The molecule has 0 spiro atoms. The SMILES string of the molecule is CCc1cc(C(=O)N[C@@H](C)c2ncccc2C)cc(=O)[nH]1. The quantitative estimate of drug-likeness (QED) is 0.903. The first-order chi connectivity index (χ1) is 10.0. The number of carbonyl (C=O) groups is 1. The van der Waals surface area contributed by atoms with E-state index in [1.807, 2.05) is 32.9 Å². The average molecular weight is 285 g/mol. The van der Waals surface area contributed by atoms with E-state index in [-0.39, 0.29) is 17.5 Å². The Kier molecular flexibility index (Phi) is 4.52. The van der Waals surface area contributed by atoms with Crippen molar-refractivity contribution in [2.24, 2.45) is 0 Å². The molecular formula is C16H19N3O2. The van der Waals surface area contributed by atoms with E-state index in [9.17, 15) is 9.59 Å². The number of amides is 1. The Morgan fingerprint density at radius 1 is 1.43 bits per heavy atom. The van der Waals surface area contributed by atoms with Gasteiger partial charge in [0.1, 0.15) is 0 Å². The predicted octanol–water partition coefficient (Wildman–Crippen LogP) is 2.13. The summed E-state index contributed by atoms with van der Waals surface area (Å²) in [7, 11) is 0. The van der Waals surface area contributed by atoms with Gasteiger partial charge < -0.3 is 10.3 Å². The van der Waals surface area contributed by atoms with E-state index in [1.54, 1.807) is 12.3 Å². The lowest BCUT2D eigenvalue weighted by molar-refractivity contribution is 0.0938. The molecule has 2 heterocycles. The molecule has 0 radical (unpaired) electrons. The zero-order valence-corrected chi connectivity index (χ0v) is 12.4. The predicted molar refractivity (Wildman–Crippen MR) is 81.3 cm³/mol. The Morgan fingerprint density at radius 3 is 2.86 bits per heavy atom. The number of pyridine rings is 2. The van der Waals surface area contributed by atoms with Gasteiger partial charge in [-0.1, -0.05) is 13.0 Å². The summed E-state index contributed by atoms with van der Waals surface area (Å²) in [6.45, 7) is 5.75. The van der Waals surface area contributed by atoms with Crippen LogP contribution >= 0.6 is 0 Å². The standard InChI is InChI=1S/C16H19N3O2/c1-4-13-8-12(9-14(20)19-13)16(21)18-11(3)15-10(2)6-5-7-17-15/h5-9,11H,4H2,1-3H3,(H,18,21)(H,19,20)/t11-/m0/s1. The van der Waals surface area contributed by atoms with Crippen LogP contribution in [0, 0.1) is 6.92 Å². The molecule has 2 N–H and O–H groups in total. The molecule has 5 heteroatoms. The van der Waals surface area contributed by atoms with Crippen molar-refractivity contribution in [1.82, 2.24) is 15.3 Å². The molecule has 1 atom stereocenters. The number of rotatable bonds is 4. The van der Waals surface area contributed by atoms with Gasteiger partial charge in [0, 0.05) is 23.5 Å². The first kappa shape index (κ1) is 15.0. The number of aromatic nitrogens is 2. The summed E-state index contributed by atoms with van der Waals surface area (Å²) < 4.78 is 0. The van der Waals surface area contributed by atoms with Crippen molar-refractivity contribution in [2.75, 3.05) is 0 Å². The summed E-state index contributed by atoms with van der Waals surface area (Å²) in [6, 6.07) is 6.61. The second-order valence-corrected chi connectivity index (χ2v) is 5.01. The van der Waals surface area contributed by atoms with Crippen LogP contribution < -0.4 is 10.9 Å². The Labute approximate surface area is 123 Å². The van der Waals surface area contributed by atoms with Gasteiger partial charge in [0.2, 0.25) is 5.56 Å². The van der Waals surface area contributed by atoms with E-state index in [0.29, 0.717) is 12.0 Å². The first-order valence-electron chi connectivity index (χ1n) is 6.97. The molecule has 0 bridgehead atoms. The molecule has 0 unspecified atom stereocenters.